The number of fused-ring (bicyclic) bond motifs is 10. The molecule has 312 valence electrons. The first-order chi connectivity index (χ1) is 31.7. The predicted molar refractivity (Wildman–Crippen MR) is 253 cm³/mol. The number of carbonyl (C=O) groups is 3. The largest absolute Gasteiger partial charge is 0.355 e. The van der Waals surface area contributed by atoms with Gasteiger partial charge < -0.3 is 31.5 Å². The van der Waals surface area contributed by atoms with Crippen molar-refractivity contribution in [3.05, 3.63) is 190 Å². The molecule has 0 radical (unpaired) electrons. The third kappa shape index (κ3) is 4.92. The molecule has 2 amide bonds. The fourth-order valence-electron chi connectivity index (χ4n) is 11.0. The van der Waals surface area contributed by atoms with Crippen molar-refractivity contribution in [2.45, 2.75) is 25.2 Å². The van der Waals surface area contributed by atoms with Crippen LogP contribution >= 0.6 is 0 Å². The molecule has 2 heterocycles. The number of nitrogens with one attached hydrogen (secondary N) is 5. The molecule has 0 bridgehead atoms. The summed E-state index contributed by atoms with van der Waals surface area (Å²) in [6.45, 7) is 2.98. The second-order valence-corrected chi connectivity index (χ2v) is 17.2. The van der Waals surface area contributed by atoms with E-state index in [1.165, 1.54) is 13.8 Å². The van der Waals surface area contributed by atoms with E-state index in [9.17, 15) is 14.8 Å². The minimum atomic E-state index is -1.08. The molecule has 0 saturated carbocycles. The van der Waals surface area contributed by atoms with Crippen LogP contribution in [-0.4, -0.2) is 22.9 Å². The van der Waals surface area contributed by atoms with Crippen LogP contribution in [0.3, 0.4) is 0 Å². The molecule has 2 unspecified atom stereocenters. The molecule has 2 spiro atoms. The number of anilines is 5. The van der Waals surface area contributed by atoms with E-state index >= 15 is 4.79 Å². The highest BCUT2D eigenvalue weighted by Crippen LogP contribution is 2.56. The summed E-state index contributed by atoms with van der Waals surface area (Å²) in [4.78, 5) is 50.3. The highest BCUT2D eigenvalue weighted by Gasteiger charge is 2.49. The van der Waals surface area contributed by atoms with Gasteiger partial charge in [-0.2, -0.15) is 0 Å². The maximum atomic E-state index is 15.2. The minimum Gasteiger partial charge on any atom is -0.355 e. The summed E-state index contributed by atoms with van der Waals surface area (Å²) < 4.78 is 0. The van der Waals surface area contributed by atoms with Crippen LogP contribution in [0.15, 0.2) is 156 Å². The third-order valence-electron chi connectivity index (χ3n) is 13.5. The summed E-state index contributed by atoms with van der Waals surface area (Å²) in [7, 11) is 0. The summed E-state index contributed by atoms with van der Waals surface area (Å²) in [5.74, 6) is -0.576. The topological polar surface area (TPSA) is 153 Å². The van der Waals surface area contributed by atoms with Crippen LogP contribution in [0, 0.1) is 0 Å². The van der Waals surface area contributed by atoms with Crippen molar-refractivity contribution in [2.24, 2.45) is 4.99 Å². The third-order valence-corrected chi connectivity index (χ3v) is 13.5. The maximum Gasteiger partial charge on any atom is 0.221 e. The van der Waals surface area contributed by atoms with E-state index in [-0.39, 0.29) is 34.5 Å². The smallest absolute Gasteiger partial charge is 0.221 e. The van der Waals surface area contributed by atoms with Crippen molar-refractivity contribution in [2.75, 3.05) is 26.6 Å². The number of Topliss-reactive ketones (excluding diaryl/α,β-unsaturated/α-hetero) is 1. The lowest BCUT2D eigenvalue weighted by Gasteiger charge is -2.41. The average Bonchev–Trinajstić information content (AvgIpc) is 3.71. The molecule has 13 rings (SSSR count). The van der Waals surface area contributed by atoms with Crippen molar-refractivity contribution in [3.8, 4) is 22.3 Å². The Hall–Kier alpha value is -8.54. The number of hydrogen-bond acceptors (Lipinski definition) is 9. The van der Waals surface area contributed by atoms with Gasteiger partial charge in [-0.3, -0.25) is 14.4 Å². The summed E-state index contributed by atoms with van der Waals surface area (Å²) >= 11 is 0. The van der Waals surface area contributed by atoms with E-state index in [2.05, 4.69) is 50.8 Å². The molecule has 2 aliphatic heterocycles. The van der Waals surface area contributed by atoms with Gasteiger partial charge in [0.15, 0.2) is 17.1 Å². The lowest BCUT2D eigenvalue weighted by atomic mass is 9.79. The molecule has 11 heteroatoms. The van der Waals surface area contributed by atoms with Crippen molar-refractivity contribution in [1.29, 1.82) is 0 Å². The standard InChI is InChI=1S/C54H36N6O5/c1-27(61)55-31-19-23-41-37(25-31)33-11-3-5-13-39(33)53(41)57-43-15-7-9-29-17-21-35(49(59-53)45(29)43)47-51(63)48(52(47)65-64)36-22-18-30-10-8-16-44-46(30)50(36)60-54(58-44)40-14-6-4-12-34(40)38-26-32(56-28(2)62)20-24-42(38)54/h3-26,57-59,64H,1-2H3,(H,55,61)(H,56,62). The fourth-order valence-corrected chi connectivity index (χ4v) is 11.0. The Bertz CT molecular complexity index is 3750. The first-order valence-corrected chi connectivity index (χ1v) is 21.4. The van der Waals surface area contributed by atoms with E-state index in [0.717, 1.165) is 77.4 Å². The summed E-state index contributed by atoms with van der Waals surface area (Å²) in [5.41, 5.74) is 10.3. The number of allylic oxidation sites excluding steroid dienone is 2. The summed E-state index contributed by atoms with van der Waals surface area (Å²) in [6.07, 6.45) is 0. The van der Waals surface area contributed by atoms with Gasteiger partial charge in [0.2, 0.25) is 17.6 Å². The molecular weight excluding hydrogens is 813 g/mol. The van der Waals surface area contributed by atoms with Crippen molar-refractivity contribution in [1.82, 2.24) is 0 Å². The van der Waals surface area contributed by atoms with E-state index in [1.807, 2.05) is 121 Å². The monoisotopic (exact) mass is 848 g/mol. The Kier molecular flexibility index (Phi) is 7.41. The van der Waals surface area contributed by atoms with Crippen LogP contribution in [0.1, 0.15) is 41.7 Å². The minimum absolute atomic E-state index is 0.0488. The summed E-state index contributed by atoms with van der Waals surface area (Å²) in [5, 5.41) is 33.0. The molecule has 0 aromatic heterocycles. The van der Waals surface area contributed by atoms with Gasteiger partial charge in [-0.1, -0.05) is 109 Å². The predicted octanol–water partition coefficient (Wildman–Crippen LogP) is 9.19. The first-order valence-electron chi connectivity index (χ1n) is 21.4. The SMILES string of the molecule is CC(=O)Nc1ccc2c(c1)-c1ccccc1C21N=c2c(=C3C(=O)C(c4ccc5cccc6c5c4NC4(N6)c5ccccc5-c5cc(NC(C)=O)ccc54)=C3OO)ccc3cccc(c23)N1. The Morgan fingerprint density at radius 1 is 0.569 bits per heavy atom. The number of hydrogen-bond donors (Lipinski definition) is 6. The van der Waals surface area contributed by atoms with E-state index in [1.54, 1.807) is 0 Å². The van der Waals surface area contributed by atoms with E-state index in [4.69, 9.17) is 9.88 Å². The van der Waals surface area contributed by atoms with Crippen molar-refractivity contribution >= 4 is 78.7 Å². The zero-order valence-electron chi connectivity index (χ0n) is 34.9. The highest BCUT2D eigenvalue weighted by molar-refractivity contribution is 6.52. The van der Waals surface area contributed by atoms with Crippen LogP contribution in [0.2, 0.25) is 0 Å². The summed E-state index contributed by atoms with van der Waals surface area (Å²) in [6, 6.07) is 47.8. The van der Waals surface area contributed by atoms with Crippen molar-refractivity contribution in [3.63, 3.8) is 0 Å². The maximum absolute atomic E-state index is 15.2. The number of ketones is 1. The average molecular weight is 849 g/mol. The van der Waals surface area contributed by atoms with Gasteiger partial charge in [0.25, 0.3) is 0 Å². The number of carbonyl (C=O) groups excluding carboxylic acids is 3. The Balaban J connectivity index is 1.03. The molecule has 3 aliphatic carbocycles. The van der Waals surface area contributed by atoms with Crippen LogP contribution < -0.4 is 37.2 Å². The van der Waals surface area contributed by atoms with Gasteiger partial charge >= 0.3 is 0 Å². The zero-order chi connectivity index (χ0) is 43.9. The zero-order valence-corrected chi connectivity index (χ0v) is 34.9. The molecule has 65 heavy (non-hydrogen) atoms. The van der Waals surface area contributed by atoms with Gasteiger partial charge in [-0.05, 0) is 69.4 Å². The molecule has 5 aliphatic rings. The molecule has 11 nitrogen and oxygen atoms in total. The lowest BCUT2D eigenvalue weighted by Crippen LogP contribution is -2.45. The number of benzene rings is 8. The Morgan fingerprint density at radius 2 is 1.15 bits per heavy atom. The fraction of sp³-hybridized carbons (Fsp3) is 0.0741. The van der Waals surface area contributed by atoms with Crippen LogP contribution in [-0.2, 0) is 30.6 Å². The second kappa shape index (κ2) is 13.0. The van der Waals surface area contributed by atoms with Crippen LogP contribution in [0.4, 0.5) is 28.4 Å². The molecule has 6 N–H and O–H groups in total. The molecule has 8 aromatic carbocycles. The van der Waals surface area contributed by atoms with E-state index in [0.29, 0.717) is 33.2 Å². The molecule has 0 fully saturated rings. The van der Waals surface area contributed by atoms with Gasteiger partial charge in [-0.25, -0.2) is 10.2 Å². The molecule has 8 aromatic rings. The number of nitrogens with zero attached hydrogens (tertiary/aromatic N) is 1. The van der Waals surface area contributed by atoms with Gasteiger partial charge in [0.05, 0.1) is 22.2 Å². The first kappa shape index (κ1) is 37.1. The molecule has 2 atom stereocenters. The number of amides is 2. The molecule has 0 saturated heterocycles. The van der Waals surface area contributed by atoms with Crippen LogP contribution in [0.5, 0.6) is 0 Å². The number of rotatable bonds is 4. The quantitative estimate of drug-likeness (QED) is 0.0758. The molecular formula is C54H36N6O5. The Morgan fingerprint density at radius 3 is 1.86 bits per heavy atom. The highest BCUT2D eigenvalue weighted by atomic mass is 17.1. The lowest BCUT2D eigenvalue weighted by molar-refractivity contribution is -0.198. The Labute approximate surface area is 370 Å². The normalized spacial score (nSPS) is 19.6. The van der Waals surface area contributed by atoms with Gasteiger partial charge in [0, 0.05) is 80.4 Å². The van der Waals surface area contributed by atoms with Crippen LogP contribution in [0.25, 0.3) is 54.9 Å². The second-order valence-electron chi connectivity index (χ2n) is 17.2. The van der Waals surface area contributed by atoms with Crippen molar-refractivity contribution < 1.29 is 24.5 Å². The van der Waals surface area contributed by atoms with E-state index < -0.39 is 11.3 Å². The van der Waals surface area contributed by atoms with Gasteiger partial charge in [-0.15, -0.1) is 0 Å². The van der Waals surface area contributed by atoms with Gasteiger partial charge in [0.1, 0.15) is 0 Å².